The maximum Gasteiger partial charge on any atom is 0.0998 e. The summed E-state index contributed by atoms with van der Waals surface area (Å²) in [6.45, 7) is 0. The third-order valence-corrected chi connectivity index (χ3v) is 4.20. The van der Waals surface area contributed by atoms with Gasteiger partial charge in [0.1, 0.15) is 0 Å². The maximum absolute atomic E-state index is 9.18. The summed E-state index contributed by atoms with van der Waals surface area (Å²) in [6.07, 6.45) is 3.37. The number of benzene rings is 2. The number of pyridine rings is 1. The first-order valence-electron chi connectivity index (χ1n) is 6.09. The van der Waals surface area contributed by atoms with E-state index in [-0.39, 0.29) is 0 Å². The van der Waals surface area contributed by atoms with Crippen LogP contribution in [0.1, 0.15) is 5.56 Å². The van der Waals surface area contributed by atoms with Gasteiger partial charge >= 0.3 is 0 Å². The summed E-state index contributed by atoms with van der Waals surface area (Å²) in [5, 5.41) is 11.2. The van der Waals surface area contributed by atoms with Gasteiger partial charge in [-0.1, -0.05) is 36.0 Å². The minimum absolute atomic E-state index is 0.658. The van der Waals surface area contributed by atoms with Crippen molar-refractivity contribution in [2.75, 3.05) is 5.73 Å². The summed E-state index contributed by atoms with van der Waals surface area (Å²) in [5.41, 5.74) is 7.28. The first-order valence-corrected chi connectivity index (χ1v) is 6.90. The van der Waals surface area contributed by atoms with E-state index in [1.165, 1.54) is 0 Å². The normalized spacial score (nSPS) is 10.3. The summed E-state index contributed by atoms with van der Waals surface area (Å²) in [7, 11) is 0. The third-order valence-electron chi connectivity index (χ3n) is 3.03. The number of hydrogen-bond donors (Lipinski definition) is 1. The number of aromatic nitrogens is 1. The molecule has 0 radical (unpaired) electrons. The Hall–Kier alpha value is -2.51. The predicted octanol–water partition coefficient (Wildman–Crippen LogP) is 3.84. The second-order valence-corrected chi connectivity index (χ2v) is 5.37. The van der Waals surface area contributed by atoms with Crippen LogP contribution in [0.25, 0.3) is 10.8 Å². The van der Waals surface area contributed by atoms with E-state index in [1.807, 2.05) is 42.5 Å². The largest absolute Gasteiger partial charge is 0.397 e. The zero-order valence-corrected chi connectivity index (χ0v) is 11.4. The molecule has 0 atom stereocenters. The van der Waals surface area contributed by atoms with E-state index >= 15 is 0 Å². The van der Waals surface area contributed by atoms with E-state index in [2.05, 4.69) is 11.1 Å². The van der Waals surface area contributed by atoms with Gasteiger partial charge < -0.3 is 5.73 Å². The molecule has 4 heteroatoms. The zero-order valence-electron chi connectivity index (χ0n) is 10.6. The minimum atomic E-state index is 0.658. The second kappa shape index (κ2) is 5.24. The van der Waals surface area contributed by atoms with Crippen molar-refractivity contribution in [2.24, 2.45) is 0 Å². The molecule has 0 unspecified atom stereocenters. The van der Waals surface area contributed by atoms with E-state index < -0.39 is 0 Å². The Bertz CT molecular complexity index is 821. The molecule has 0 saturated heterocycles. The summed E-state index contributed by atoms with van der Waals surface area (Å²) in [4.78, 5) is 6.04. The van der Waals surface area contributed by atoms with Crippen LogP contribution in [0.5, 0.6) is 0 Å². The molecule has 0 spiro atoms. The Balaban J connectivity index is 2.14. The molecule has 2 N–H and O–H groups in total. The van der Waals surface area contributed by atoms with Crippen molar-refractivity contribution in [2.45, 2.75) is 9.79 Å². The average molecular weight is 277 g/mol. The summed E-state index contributed by atoms with van der Waals surface area (Å²) in [6, 6.07) is 15.8. The molecule has 3 rings (SSSR count). The van der Waals surface area contributed by atoms with Crippen molar-refractivity contribution < 1.29 is 0 Å². The molecule has 0 aliphatic rings. The van der Waals surface area contributed by atoms with Gasteiger partial charge in [0.05, 0.1) is 23.5 Å². The Labute approximate surface area is 121 Å². The molecule has 3 aromatic rings. The highest BCUT2D eigenvalue weighted by atomic mass is 32.2. The van der Waals surface area contributed by atoms with Crippen LogP contribution in [0.15, 0.2) is 64.6 Å². The van der Waals surface area contributed by atoms with Crippen molar-refractivity contribution in [1.82, 2.24) is 4.98 Å². The van der Waals surface area contributed by atoms with Crippen LogP contribution < -0.4 is 5.73 Å². The lowest BCUT2D eigenvalue weighted by atomic mass is 10.1. The number of nitrogens with two attached hydrogens (primary N) is 1. The highest BCUT2D eigenvalue weighted by Gasteiger charge is 2.08. The number of hydrogen-bond acceptors (Lipinski definition) is 4. The van der Waals surface area contributed by atoms with E-state index in [1.54, 1.807) is 24.2 Å². The molecule has 0 saturated carbocycles. The van der Waals surface area contributed by atoms with Gasteiger partial charge in [-0.2, -0.15) is 5.26 Å². The highest BCUT2D eigenvalue weighted by molar-refractivity contribution is 7.99. The first kappa shape index (κ1) is 12.5. The summed E-state index contributed by atoms with van der Waals surface area (Å²) >= 11 is 1.59. The zero-order chi connectivity index (χ0) is 13.9. The van der Waals surface area contributed by atoms with E-state index in [0.29, 0.717) is 11.3 Å². The van der Waals surface area contributed by atoms with Gasteiger partial charge in [-0.3, -0.25) is 4.98 Å². The van der Waals surface area contributed by atoms with E-state index in [4.69, 9.17) is 5.73 Å². The maximum atomic E-state index is 9.18. The molecule has 1 heterocycles. The van der Waals surface area contributed by atoms with Crippen molar-refractivity contribution in [3.63, 3.8) is 0 Å². The SMILES string of the molecule is N#Cc1ccc(Sc2ccncc2N)c2ccccc12. The van der Waals surface area contributed by atoms with Gasteiger partial charge in [0.15, 0.2) is 0 Å². The van der Waals surface area contributed by atoms with Gasteiger partial charge in [-0.25, -0.2) is 0 Å². The first-order chi connectivity index (χ1) is 9.79. The number of nitrogen functional groups attached to an aromatic ring is 1. The topological polar surface area (TPSA) is 62.7 Å². The molecular weight excluding hydrogens is 266 g/mol. The van der Waals surface area contributed by atoms with Gasteiger partial charge in [0.2, 0.25) is 0 Å². The fourth-order valence-corrected chi connectivity index (χ4v) is 3.02. The molecule has 3 nitrogen and oxygen atoms in total. The monoisotopic (exact) mass is 277 g/mol. The lowest BCUT2D eigenvalue weighted by Crippen LogP contribution is -1.89. The smallest absolute Gasteiger partial charge is 0.0998 e. The Morgan fingerprint density at radius 2 is 1.80 bits per heavy atom. The Kier molecular flexibility index (Phi) is 3.28. The van der Waals surface area contributed by atoms with Crippen LogP contribution >= 0.6 is 11.8 Å². The molecule has 2 aromatic carbocycles. The summed E-state index contributed by atoms with van der Waals surface area (Å²) in [5.74, 6) is 0. The molecule has 20 heavy (non-hydrogen) atoms. The molecule has 0 aliphatic carbocycles. The third kappa shape index (κ3) is 2.20. The van der Waals surface area contributed by atoms with Crippen molar-refractivity contribution in [1.29, 1.82) is 5.26 Å². The minimum Gasteiger partial charge on any atom is -0.397 e. The molecule has 0 aliphatic heterocycles. The van der Waals surface area contributed by atoms with Gasteiger partial charge in [0.25, 0.3) is 0 Å². The van der Waals surface area contributed by atoms with Crippen LogP contribution in [0.3, 0.4) is 0 Å². The lowest BCUT2D eigenvalue weighted by molar-refractivity contribution is 1.27. The Morgan fingerprint density at radius 3 is 2.55 bits per heavy atom. The van der Waals surface area contributed by atoms with Crippen LogP contribution in [0.4, 0.5) is 5.69 Å². The molecule has 0 amide bonds. The van der Waals surface area contributed by atoms with Crippen molar-refractivity contribution >= 4 is 28.2 Å². The van der Waals surface area contributed by atoms with Crippen LogP contribution in [-0.4, -0.2) is 4.98 Å². The molecule has 0 bridgehead atoms. The quantitative estimate of drug-likeness (QED) is 0.773. The molecule has 0 fully saturated rings. The van der Waals surface area contributed by atoms with Crippen molar-refractivity contribution in [3.8, 4) is 6.07 Å². The number of fused-ring (bicyclic) bond motifs is 1. The number of anilines is 1. The van der Waals surface area contributed by atoms with Gasteiger partial charge in [0, 0.05) is 21.4 Å². The standard InChI is InChI=1S/C16H11N3S/c17-9-11-5-6-15(13-4-2-1-3-12(11)13)20-16-7-8-19-10-14(16)18/h1-8,10H,18H2. The van der Waals surface area contributed by atoms with Gasteiger partial charge in [-0.05, 0) is 23.6 Å². The molecule has 1 aromatic heterocycles. The number of rotatable bonds is 2. The van der Waals surface area contributed by atoms with E-state index in [9.17, 15) is 5.26 Å². The van der Waals surface area contributed by atoms with Crippen LogP contribution in [-0.2, 0) is 0 Å². The Morgan fingerprint density at radius 1 is 1.00 bits per heavy atom. The van der Waals surface area contributed by atoms with Crippen LogP contribution in [0, 0.1) is 11.3 Å². The van der Waals surface area contributed by atoms with E-state index in [0.717, 1.165) is 20.6 Å². The van der Waals surface area contributed by atoms with Gasteiger partial charge in [-0.15, -0.1) is 0 Å². The lowest BCUT2D eigenvalue weighted by Gasteiger charge is -2.09. The number of nitriles is 1. The number of nitrogens with zero attached hydrogens (tertiary/aromatic N) is 2. The molecule has 96 valence electrons. The highest BCUT2D eigenvalue weighted by Crippen LogP contribution is 2.36. The fraction of sp³-hybridized carbons (Fsp3) is 0. The van der Waals surface area contributed by atoms with Crippen LogP contribution in [0.2, 0.25) is 0 Å². The summed E-state index contributed by atoms with van der Waals surface area (Å²) < 4.78 is 0. The molecular formula is C16H11N3S. The average Bonchev–Trinajstić information content (AvgIpc) is 2.50. The fourth-order valence-electron chi connectivity index (χ4n) is 2.06. The second-order valence-electron chi connectivity index (χ2n) is 4.28. The van der Waals surface area contributed by atoms with Crippen molar-refractivity contribution in [3.05, 3.63) is 60.4 Å². The predicted molar refractivity (Wildman–Crippen MR) is 81.4 cm³/mol.